The lowest BCUT2D eigenvalue weighted by Crippen LogP contribution is -2.33. The van der Waals surface area contributed by atoms with Crippen molar-refractivity contribution in [2.45, 2.75) is 25.8 Å². The van der Waals surface area contributed by atoms with E-state index in [1.54, 1.807) is 25.1 Å². The first-order valence-corrected chi connectivity index (χ1v) is 7.90. The lowest BCUT2D eigenvalue weighted by Gasteiger charge is -2.26. The molecule has 1 amide bonds. The fourth-order valence-electron chi connectivity index (χ4n) is 2.99. The molecule has 0 saturated carbocycles. The van der Waals surface area contributed by atoms with E-state index in [1.807, 2.05) is 0 Å². The molecule has 0 unspecified atom stereocenters. The summed E-state index contributed by atoms with van der Waals surface area (Å²) in [5, 5.41) is 13.9. The van der Waals surface area contributed by atoms with Gasteiger partial charge in [0, 0.05) is 23.6 Å². The molecule has 3 rings (SSSR count). The highest BCUT2D eigenvalue weighted by Gasteiger charge is 2.24. The number of benzene rings is 2. The van der Waals surface area contributed by atoms with Crippen LogP contribution in [0.25, 0.3) is 0 Å². The van der Waals surface area contributed by atoms with Crippen LogP contribution in [-0.2, 0) is 11.2 Å². The van der Waals surface area contributed by atoms with E-state index in [2.05, 4.69) is 5.32 Å². The highest BCUT2D eigenvalue weighted by Crippen LogP contribution is 2.32. The number of nitrogens with zero attached hydrogens (tertiary/aromatic N) is 1. The number of nitro benzene ring substituents is 1. The minimum atomic E-state index is -0.464. The van der Waals surface area contributed by atoms with E-state index in [1.165, 1.54) is 18.2 Å². The Morgan fingerprint density at radius 1 is 1.40 bits per heavy atom. The quantitative estimate of drug-likeness (QED) is 0.682. The molecule has 1 aliphatic rings. The molecule has 25 heavy (non-hydrogen) atoms. The minimum Gasteiger partial charge on any atom is -0.493 e. The third kappa shape index (κ3) is 3.60. The second-order valence-corrected chi connectivity index (χ2v) is 5.93. The standard InChI is InChI=1S/C18H17FN2O4/c1-11-12(3-2-4-16(11)21(23)24)9-18(22)20-15-7-8-25-17-6-5-13(19)10-14(15)17/h2-6,10,15H,7-9H2,1H3,(H,20,22)/t15-/m0/s1. The van der Waals surface area contributed by atoms with Crippen LogP contribution < -0.4 is 10.1 Å². The van der Waals surface area contributed by atoms with Gasteiger partial charge in [-0.2, -0.15) is 0 Å². The van der Waals surface area contributed by atoms with Crippen molar-refractivity contribution in [3.63, 3.8) is 0 Å². The van der Waals surface area contributed by atoms with Gasteiger partial charge < -0.3 is 10.1 Å². The summed E-state index contributed by atoms with van der Waals surface area (Å²) in [7, 11) is 0. The Bertz CT molecular complexity index is 838. The molecule has 2 aromatic rings. The normalized spacial score (nSPS) is 15.8. The molecule has 0 fully saturated rings. The number of nitrogens with one attached hydrogen (secondary N) is 1. The molecule has 1 N–H and O–H groups in total. The zero-order valence-corrected chi connectivity index (χ0v) is 13.6. The molecule has 0 radical (unpaired) electrons. The van der Waals surface area contributed by atoms with Crippen molar-refractivity contribution >= 4 is 11.6 Å². The Kier molecular flexibility index (Phi) is 4.65. The van der Waals surface area contributed by atoms with Crippen molar-refractivity contribution in [1.82, 2.24) is 5.32 Å². The lowest BCUT2D eigenvalue weighted by atomic mass is 9.99. The number of fused-ring (bicyclic) bond motifs is 1. The number of carbonyl (C=O) groups excluding carboxylic acids is 1. The Labute approximate surface area is 143 Å². The van der Waals surface area contributed by atoms with Gasteiger partial charge in [-0.15, -0.1) is 0 Å². The molecule has 7 heteroatoms. The predicted octanol–water partition coefficient (Wildman–Crippen LogP) is 3.22. The van der Waals surface area contributed by atoms with Crippen LogP contribution in [0.1, 0.15) is 29.2 Å². The molecule has 2 aromatic carbocycles. The lowest BCUT2D eigenvalue weighted by molar-refractivity contribution is -0.385. The number of rotatable bonds is 4. The van der Waals surface area contributed by atoms with Crippen molar-refractivity contribution in [1.29, 1.82) is 0 Å². The maximum atomic E-state index is 13.5. The Hall–Kier alpha value is -2.96. The van der Waals surface area contributed by atoms with Crippen LogP contribution in [0.2, 0.25) is 0 Å². The molecule has 0 aromatic heterocycles. The number of ether oxygens (including phenoxy) is 1. The van der Waals surface area contributed by atoms with E-state index in [4.69, 9.17) is 4.74 Å². The first-order chi connectivity index (χ1) is 12.0. The number of hydrogen-bond donors (Lipinski definition) is 1. The number of hydrogen-bond acceptors (Lipinski definition) is 4. The van der Waals surface area contributed by atoms with Crippen LogP contribution in [0.5, 0.6) is 5.75 Å². The highest BCUT2D eigenvalue weighted by molar-refractivity contribution is 5.80. The first kappa shape index (κ1) is 16.9. The summed E-state index contributed by atoms with van der Waals surface area (Å²) in [5.74, 6) is -0.104. The number of amides is 1. The van der Waals surface area contributed by atoms with Gasteiger partial charge in [-0.3, -0.25) is 14.9 Å². The fourth-order valence-corrected chi connectivity index (χ4v) is 2.99. The average Bonchev–Trinajstić information content (AvgIpc) is 2.57. The topological polar surface area (TPSA) is 81.5 Å². The Morgan fingerprint density at radius 2 is 2.20 bits per heavy atom. The third-order valence-electron chi connectivity index (χ3n) is 4.31. The smallest absolute Gasteiger partial charge is 0.272 e. The second kappa shape index (κ2) is 6.88. The van der Waals surface area contributed by atoms with Crippen LogP contribution in [0, 0.1) is 22.9 Å². The summed E-state index contributed by atoms with van der Waals surface area (Å²) in [6.45, 7) is 2.05. The molecule has 130 valence electrons. The van der Waals surface area contributed by atoms with Gasteiger partial charge in [0.2, 0.25) is 5.91 Å². The second-order valence-electron chi connectivity index (χ2n) is 5.93. The molecule has 0 saturated heterocycles. The van der Waals surface area contributed by atoms with Crippen LogP contribution in [-0.4, -0.2) is 17.4 Å². The van der Waals surface area contributed by atoms with Gasteiger partial charge in [0.05, 0.1) is 24.0 Å². The van der Waals surface area contributed by atoms with Gasteiger partial charge in [0.15, 0.2) is 0 Å². The largest absolute Gasteiger partial charge is 0.493 e. The molecule has 0 bridgehead atoms. The van der Waals surface area contributed by atoms with E-state index in [-0.39, 0.29) is 24.1 Å². The Morgan fingerprint density at radius 3 is 2.96 bits per heavy atom. The average molecular weight is 344 g/mol. The molecule has 1 aliphatic heterocycles. The summed E-state index contributed by atoms with van der Waals surface area (Å²) in [6, 6.07) is 8.55. The maximum Gasteiger partial charge on any atom is 0.272 e. The summed E-state index contributed by atoms with van der Waals surface area (Å²) in [5.41, 5.74) is 1.67. The van der Waals surface area contributed by atoms with Crippen molar-refractivity contribution < 1.29 is 18.8 Å². The predicted molar refractivity (Wildman–Crippen MR) is 88.9 cm³/mol. The van der Waals surface area contributed by atoms with Crippen LogP contribution in [0.15, 0.2) is 36.4 Å². The number of nitro groups is 1. The monoisotopic (exact) mass is 344 g/mol. The maximum absolute atomic E-state index is 13.5. The highest BCUT2D eigenvalue weighted by atomic mass is 19.1. The summed E-state index contributed by atoms with van der Waals surface area (Å²) in [6.07, 6.45) is 0.561. The van der Waals surface area contributed by atoms with E-state index in [0.29, 0.717) is 35.5 Å². The Balaban J connectivity index is 1.76. The zero-order valence-electron chi connectivity index (χ0n) is 13.6. The van der Waals surface area contributed by atoms with E-state index in [9.17, 15) is 19.3 Å². The van der Waals surface area contributed by atoms with Crippen LogP contribution in [0.3, 0.4) is 0 Å². The third-order valence-corrected chi connectivity index (χ3v) is 4.31. The van der Waals surface area contributed by atoms with Gasteiger partial charge >= 0.3 is 0 Å². The van der Waals surface area contributed by atoms with E-state index < -0.39 is 10.7 Å². The van der Waals surface area contributed by atoms with E-state index in [0.717, 1.165) is 0 Å². The van der Waals surface area contributed by atoms with Gasteiger partial charge in [0.25, 0.3) is 5.69 Å². The minimum absolute atomic E-state index is 0.0104. The molecular formula is C18H17FN2O4. The fraction of sp³-hybridized carbons (Fsp3) is 0.278. The molecule has 6 nitrogen and oxygen atoms in total. The SMILES string of the molecule is Cc1c(CC(=O)N[C@H]2CCOc3ccc(F)cc32)cccc1[N+](=O)[O-]. The molecular weight excluding hydrogens is 327 g/mol. The molecule has 0 aliphatic carbocycles. The van der Waals surface area contributed by atoms with Gasteiger partial charge in [-0.1, -0.05) is 12.1 Å². The van der Waals surface area contributed by atoms with Crippen molar-refractivity contribution in [2.75, 3.05) is 6.61 Å². The van der Waals surface area contributed by atoms with Crippen molar-refractivity contribution in [3.05, 3.63) is 69.0 Å². The van der Waals surface area contributed by atoms with Gasteiger partial charge in [-0.25, -0.2) is 4.39 Å². The van der Waals surface area contributed by atoms with Crippen LogP contribution in [0.4, 0.5) is 10.1 Å². The molecule has 1 atom stereocenters. The van der Waals surface area contributed by atoms with Crippen molar-refractivity contribution in [3.8, 4) is 5.75 Å². The van der Waals surface area contributed by atoms with Gasteiger partial charge in [-0.05, 0) is 30.7 Å². The van der Waals surface area contributed by atoms with E-state index >= 15 is 0 Å². The molecule has 1 heterocycles. The summed E-state index contributed by atoms with van der Waals surface area (Å²) in [4.78, 5) is 22.9. The first-order valence-electron chi connectivity index (χ1n) is 7.90. The zero-order chi connectivity index (χ0) is 18.0. The molecule has 0 spiro atoms. The van der Waals surface area contributed by atoms with Crippen LogP contribution >= 0.6 is 0 Å². The van der Waals surface area contributed by atoms with Crippen molar-refractivity contribution in [2.24, 2.45) is 0 Å². The summed E-state index contributed by atoms with van der Waals surface area (Å²) < 4.78 is 19.0. The van der Waals surface area contributed by atoms with Gasteiger partial charge in [0.1, 0.15) is 11.6 Å². The number of carbonyl (C=O) groups is 1. The summed E-state index contributed by atoms with van der Waals surface area (Å²) >= 11 is 0. The number of halogens is 1.